The molecule has 3 aromatic rings. The molecule has 1 N–H and O–H groups in total. The summed E-state index contributed by atoms with van der Waals surface area (Å²) in [5.74, 6) is -0.455. The summed E-state index contributed by atoms with van der Waals surface area (Å²) in [4.78, 5) is 12.2. The van der Waals surface area contributed by atoms with Gasteiger partial charge in [-0.3, -0.25) is 10.1 Å². The zero-order valence-electron chi connectivity index (χ0n) is 12.2. The summed E-state index contributed by atoms with van der Waals surface area (Å²) in [6, 6.07) is 13.1. The van der Waals surface area contributed by atoms with Crippen molar-refractivity contribution in [2.75, 3.05) is 5.32 Å². The summed E-state index contributed by atoms with van der Waals surface area (Å²) >= 11 is 0. The first kappa shape index (κ1) is 15.8. The highest BCUT2D eigenvalue weighted by Gasteiger charge is 2.30. The molecule has 122 valence electrons. The summed E-state index contributed by atoms with van der Waals surface area (Å²) < 4.78 is 42.7. The van der Waals surface area contributed by atoms with Gasteiger partial charge in [0.05, 0.1) is 17.3 Å². The van der Waals surface area contributed by atoms with Gasteiger partial charge in [0, 0.05) is 5.56 Å². The van der Waals surface area contributed by atoms with Crippen LogP contribution in [0.5, 0.6) is 0 Å². The Morgan fingerprint density at radius 3 is 2.29 bits per heavy atom. The van der Waals surface area contributed by atoms with Gasteiger partial charge in [-0.05, 0) is 29.8 Å². The van der Waals surface area contributed by atoms with Gasteiger partial charge in [0.1, 0.15) is 0 Å². The lowest BCUT2D eigenvalue weighted by Gasteiger charge is -2.08. The molecule has 1 heterocycles. The SMILES string of the molecule is O=C(Nc1oncc1-c1ccccc1)c1ccc(C(F)(F)F)cc1. The number of nitrogens with zero attached hydrogens (tertiary/aromatic N) is 1. The average molecular weight is 332 g/mol. The highest BCUT2D eigenvalue weighted by molar-refractivity contribution is 6.05. The maximum Gasteiger partial charge on any atom is 0.416 e. The number of nitrogens with one attached hydrogen (secondary N) is 1. The Morgan fingerprint density at radius 2 is 1.67 bits per heavy atom. The van der Waals surface area contributed by atoms with Gasteiger partial charge in [0.2, 0.25) is 5.88 Å². The fourth-order valence-corrected chi connectivity index (χ4v) is 2.14. The topological polar surface area (TPSA) is 55.1 Å². The number of aromatic nitrogens is 1. The molecular formula is C17H11F3N2O2. The Morgan fingerprint density at radius 1 is 1.00 bits per heavy atom. The summed E-state index contributed by atoms with van der Waals surface area (Å²) in [6.07, 6.45) is -2.99. The minimum Gasteiger partial charge on any atom is -0.338 e. The van der Waals surface area contributed by atoms with Gasteiger partial charge in [0.25, 0.3) is 5.91 Å². The molecule has 0 aliphatic carbocycles. The normalized spacial score (nSPS) is 11.3. The maximum atomic E-state index is 12.5. The molecule has 24 heavy (non-hydrogen) atoms. The fraction of sp³-hybridized carbons (Fsp3) is 0.0588. The third kappa shape index (κ3) is 3.29. The average Bonchev–Trinajstić information content (AvgIpc) is 3.03. The van der Waals surface area contributed by atoms with E-state index in [9.17, 15) is 18.0 Å². The second kappa shape index (κ2) is 6.19. The summed E-state index contributed by atoms with van der Waals surface area (Å²) in [7, 11) is 0. The molecular weight excluding hydrogens is 321 g/mol. The molecule has 2 aromatic carbocycles. The first-order valence-corrected chi connectivity index (χ1v) is 6.94. The molecule has 4 nitrogen and oxygen atoms in total. The molecule has 0 spiro atoms. The Hall–Kier alpha value is -3.09. The molecule has 0 radical (unpaired) electrons. The molecule has 1 amide bonds. The van der Waals surface area contributed by atoms with E-state index in [1.54, 1.807) is 0 Å². The van der Waals surface area contributed by atoms with Crippen LogP contribution < -0.4 is 5.32 Å². The van der Waals surface area contributed by atoms with Crippen LogP contribution in [0.1, 0.15) is 15.9 Å². The number of hydrogen-bond donors (Lipinski definition) is 1. The van der Waals surface area contributed by atoms with Crippen LogP contribution >= 0.6 is 0 Å². The van der Waals surface area contributed by atoms with E-state index in [0.717, 1.165) is 29.8 Å². The minimum absolute atomic E-state index is 0.0819. The van der Waals surface area contributed by atoms with Crippen LogP contribution in [0.25, 0.3) is 11.1 Å². The van der Waals surface area contributed by atoms with Crippen molar-refractivity contribution in [2.45, 2.75) is 6.18 Å². The molecule has 0 unspecified atom stereocenters. The third-order valence-electron chi connectivity index (χ3n) is 3.36. The summed E-state index contributed by atoms with van der Waals surface area (Å²) in [5, 5.41) is 6.17. The quantitative estimate of drug-likeness (QED) is 0.762. The van der Waals surface area contributed by atoms with E-state index < -0.39 is 17.6 Å². The van der Waals surface area contributed by atoms with Crippen molar-refractivity contribution in [2.24, 2.45) is 0 Å². The van der Waals surface area contributed by atoms with Gasteiger partial charge in [0.15, 0.2) is 0 Å². The van der Waals surface area contributed by atoms with Crippen LogP contribution in [0, 0.1) is 0 Å². The highest BCUT2D eigenvalue weighted by Crippen LogP contribution is 2.30. The Labute approximate surface area is 134 Å². The van der Waals surface area contributed by atoms with Crippen LogP contribution in [0.2, 0.25) is 0 Å². The zero-order chi connectivity index (χ0) is 17.2. The monoisotopic (exact) mass is 332 g/mol. The molecule has 3 rings (SSSR count). The molecule has 0 fully saturated rings. The predicted molar refractivity (Wildman–Crippen MR) is 81.3 cm³/mol. The Bertz CT molecular complexity index is 840. The number of carbonyl (C=O) groups is 1. The van der Waals surface area contributed by atoms with Crippen LogP contribution in [0.3, 0.4) is 0 Å². The summed E-state index contributed by atoms with van der Waals surface area (Å²) in [6.45, 7) is 0. The molecule has 0 aliphatic rings. The van der Waals surface area contributed by atoms with E-state index in [0.29, 0.717) is 5.56 Å². The van der Waals surface area contributed by atoms with E-state index in [1.807, 2.05) is 30.3 Å². The van der Waals surface area contributed by atoms with E-state index >= 15 is 0 Å². The number of hydrogen-bond acceptors (Lipinski definition) is 3. The number of alkyl halides is 3. The van der Waals surface area contributed by atoms with Crippen LogP contribution in [-0.2, 0) is 6.18 Å². The number of amides is 1. The standard InChI is InChI=1S/C17H11F3N2O2/c18-17(19,20)13-8-6-12(7-9-13)15(23)22-16-14(10-21-24-16)11-4-2-1-3-5-11/h1-10H,(H,22,23). The molecule has 0 aliphatic heterocycles. The van der Waals surface area contributed by atoms with Gasteiger partial charge in [-0.25, -0.2) is 0 Å². The molecule has 0 bridgehead atoms. The summed E-state index contributed by atoms with van der Waals surface area (Å²) in [5.41, 5.74) is 0.638. The third-order valence-corrected chi connectivity index (χ3v) is 3.36. The molecule has 1 aromatic heterocycles. The number of benzene rings is 2. The van der Waals surface area contributed by atoms with Crippen LogP contribution in [0.15, 0.2) is 65.3 Å². The van der Waals surface area contributed by atoms with Gasteiger partial charge in [-0.15, -0.1) is 0 Å². The van der Waals surface area contributed by atoms with Crippen molar-refractivity contribution in [3.05, 3.63) is 71.9 Å². The van der Waals surface area contributed by atoms with Gasteiger partial charge < -0.3 is 4.52 Å². The smallest absolute Gasteiger partial charge is 0.338 e. The molecule has 0 saturated carbocycles. The van der Waals surface area contributed by atoms with Crippen molar-refractivity contribution in [1.29, 1.82) is 0 Å². The fourth-order valence-electron chi connectivity index (χ4n) is 2.14. The largest absolute Gasteiger partial charge is 0.416 e. The second-order valence-electron chi connectivity index (χ2n) is 4.96. The lowest BCUT2D eigenvalue weighted by atomic mass is 10.1. The zero-order valence-corrected chi connectivity index (χ0v) is 12.2. The predicted octanol–water partition coefficient (Wildman–Crippen LogP) is 4.61. The molecule has 7 heteroatoms. The van der Waals surface area contributed by atoms with E-state index in [-0.39, 0.29) is 11.4 Å². The highest BCUT2D eigenvalue weighted by atomic mass is 19.4. The Kier molecular flexibility index (Phi) is 4.07. The van der Waals surface area contributed by atoms with Gasteiger partial charge in [-0.1, -0.05) is 35.5 Å². The second-order valence-corrected chi connectivity index (χ2v) is 4.96. The minimum atomic E-state index is -4.44. The van der Waals surface area contributed by atoms with Crippen LogP contribution in [-0.4, -0.2) is 11.1 Å². The van der Waals surface area contributed by atoms with Gasteiger partial charge in [-0.2, -0.15) is 13.2 Å². The van der Waals surface area contributed by atoms with E-state index in [1.165, 1.54) is 6.20 Å². The number of anilines is 1. The first-order valence-electron chi connectivity index (χ1n) is 6.94. The number of halogens is 3. The van der Waals surface area contributed by atoms with Crippen LogP contribution in [0.4, 0.5) is 19.1 Å². The molecule has 0 saturated heterocycles. The maximum absolute atomic E-state index is 12.5. The number of rotatable bonds is 3. The van der Waals surface area contributed by atoms with E-state index in [4.69, 9.17) is 4.52 Å². The van der Waals surface area contributed by atoms with Crippen molar-refractivity contribution in [3.8, 4) is 11.1 Å². The van der Waals surface area contributed by atoms with Crippen molar-refractivity contribution in [1.82, 2.24) is 5.16 Å². The van der Waals surface area contributed by atoms with Gasteiger partial charge >= 0.3 is 6.18 Å². The number of carbonyl (C=O) groups excluding carboxylic acids is 1. The molecule has 0 atom stereocenters. The lowest BCUT2D eigenvalue weighted by molar-refractivity contribution is -0.137. The Balaban J connectivity index is 1.80. The van der Waals surface area contributed by atoms with Crippen molar-refractivity contribution < 1.29 is 22.5 Å². The van der Waals surface area contributed by atoms with Crippen molar-refractivity contribution in [3.63, 3.8) is 0 Å². The van der Waals surface area contributed by atoms with E-state index in [2.05, 4.69) is 10.5 Å². The lowest BCUT2D eigenvalue weighted by Crippen LogP contribution is -2.13. The first-order chi connectivity index (χ1) is 11.4. The van der Waals surface area contributed by atoms with Crippen molar-refractivity contribution >= 4 is 11.8 Å².